The number of hydrogen-bond donors (Lipinski definition) is 4. The molecule has 15 heteroatoms. The number of nitrogens with zero attached hydrogens (tertiary/aromatic N) is 5. The number of anilines is 5. The van der Waals surface area contributed by atoms with E-state index in [1.807, 2.05) is 55.5 Å². The summed E-state index contributed by atoms with van der Waals surface area (Å²) in [5, 5.41) is 11.9. The van der Waals surface area contributed by atoms with Crippen LogP contribution in [0.2, 0.25) is 0 Å². The molecule has 0 unspecified atom stereocenters. The van der Waals surface area contributed by atoms with E-state index < -0.39 is 6.03 Å². The Morgan fingerprint density at radius 2 is 1.37 bits per heavy atom. The molecule has 1 fully saturated rings. The van der Waals surface area contributed by atoms with Crippen molar-refractivity contribution in [1.82, 2.24) is 18.7 Å². The Kier molecular flexibility index (Phi) is 12.5. The highest BCUT2D eigenvalue weighted by molar-refractivity contribution is 7.10. The summed E-state index contributed by atoms with van der Waals surface area (Å²) in [6, 6.07) is 27.0. The van der Waals surface area contributed by atoms with Crippen LogP contribution in [0.3, 0.4) is 0 Å². The molecule has 0 spiro atoms. The number of nitrogens with one attached hydrogen (secondary N) is 4. The van der Waals surface area contributed by atoms with Crippen molar-refractivity contribution in [3.63, 3.8) is 0 Å². The Balaban J connectivity index is 0.000000197. The predicted octanol–water partition coefficient (Wildman–Crippen LogP) is 8.88. The Morgan fingerprint density at radius 3 is 2.09 bits per heavy atom. The lowest BCUT2D eigenvalue weighted by Gasteiger charge is -2.30. The summed E-state index contributed by atoms with van der Waals surface area (Å²) >= 11 is 2.23. The first kappa shape index (κ1) is 37.6. The van der Waals surface area contributed by atoms with Gasteiger partial charge in [-0.3, -0.25) is 15.4 Å². The fourth-order valence-electron chi connectivity index (χ4n) is 5.78. The third-order valence-corrected chi connectivity index (χ3v) is 9.59. The SMILES string of the molecule is COc1ccccc1C(=O)c1cc(C)ccc1NC(=O)Nc1nc(-c2ccccc2)ns1.Cc1ccc(NC(=O)Nc2ncns2)c(N2CCCCC2)c1. The number of carbonyl (C=O) groups excluding carboxylic acids is 3. The fraction of sp³-hybridized carbons (Fsp3) is 0.205. The molecule has 0 aliphatic carbocycles. The average Bonchev–Trinajstić information content (AvgIpc) is 3.89. The summed E-state index contributed by atoms with van der Waals surface area (Å²) in [5.74, 6) is 0.758. The van der Waals surface area contributed by atoms with Crippen molar-refractivity contribution in [2.45, 2.75) is 33.1 Å². The Hall–Kier alpha value is -6.19. The maximum absolute atomic E-state index is 13.2. The Morgan fingerprint density at radius 1 is 0.704 bits per heavy atom. The third-order valence-electron chi connectivity index (χ3n) is 8.38. The van der Waals surface area contributed by atoms with E-state index in [1.165, 1.54) is 38.3 Å². The number of urea groups is 2. The summed E-state index contributed by atoms with van der Waals surface area (Å²) in [5.41, 5.74) is 6.04. The van der Waals surface area contributed by atoms with E-state index in [1.54, 1.807) is 36.4 Å². The molecule has 1 saturated heterocycles. The van der Waals surface area contributed by atoms with Gasteiger partial charge in [-0.1, -0.05) is 60.2 Å². The van der Waals surface area contributed by atoms with Gasteiger partial charge in [-0.15, -0.1) is 0 Å². The van der Waals surface area contributed by atoms with Gasteiger partial charge in [0.2, 0.25) is 10.3 Å². The molecular weight excluding hydrogens is 723 g/mol. The number of hydrogen-bond acceptors (Lipinski definition) is 11. The van der Waals surface area contributed by atoms with Gasteiger partial charge >= 0.3 is 12.1 Å². The van der Waals surface area contributed by atoms with E-state index in [9.17, 15) is 14.4 Å². The number of rotatable bonds is 9. The number of ether oxygens (including phenoxy) is 1. The van der Waals surface area contributed by atoms with Crippen LogP contribution in [0.25, 0.3) is 11.4 Å². The number of piperidine rings is 1. The highest BCUT2D eigenvalue weighted by atomic mass is 32.1. The van der Waals surface area contributed by atoms with E-state index in [4.69, 9.17) is 4.74 Å². The van der Waals surface area contributed by atoms with Gasteiger partial charge in [-0.05, 0) is 75.1 Å². The standard InChI is InChI=1S/C24H20N4O3S.C15H19N5OS/c1-15-12-13-19(18(14-15)21(29)17-10-6-7-11-20(17)31-2)25-23(30)27-24-26-22(28-32-24)16-8-4-3-5-9-16;1-11-5-6-12(13(9-11)20-7-3-2-4-8-20)18-14(21)19-15-16-10-17-22-15/h3-14H,1-2H3,(H2,25,26,27,28,30);5-6,9-10H,2-4,7-8H2,1H3,(H2,16,17,18,19,21). The summed E-state index contributed by atoms with van der Waals surface area (Å²) in [7, 11) is 1.51. The second kappa shape index (κ2) is 18.0. The minimum Gasteiger partial charge on any atom is -0.496 e. The number of methoxy groups -OCH3 is 1. The number of para-hydroxylation sites is 1. The zero-order valence-corrected chi connectivity index (χ0v) is 31.6. The van der Waals surface area contributed by atoms with E-state index >= 15 is 0 Å². The van der Waals surface area contributed by atoms with Crippen LogP contribution < -0.4 is 30.9 Å². The summed E-state index contributed by atoms with van der Waals surface area (Å²) in [4.78, 5) is 48.6. The average molecular weight is 762 g/mol. The van der Waals surface area contributed by atoms with Gasteiger partial charge < -0.3 is 20.3 Å². The highest BCUT2D eigenvalue weighted by Crippen LogP contribution is 2.30. The quantitative estimate of drug-likeness (QED) is 0.105. The maximum Gasteiger partial charge on any atom is 0.325 e. The normalized spacial score (nSPS) is 12.2. The van der Waals surface area contributed by atoms with E-state index in [-0.39, 0.29) is 11.8 Å². The predicted molar refractivity (Wildman–Crippen MR) is 215 cm³/mol. The van der Waals surface area contributed by atoms with Crippen molar-refractivity contribution in [1.29, 1.82) is 0 Å². The molecule has 6 aromatic rings. The Labute approximate surface area is 321 Å². The van der Waals surface area contributed by atoms with Crippen molar-refractivity contribution in [3.8, 4) is 17.1 Å². The zero-order chi connectivity index (χ0) is 37.9. The number of benzene rings is 4. The summed E-state index contributed by atoms with van der Waals surface area (Å²) in [6.45, 7) is 6.03. The van der Waals surface area contributed by atoms with Crippen LogP contribution in [0.5, 0.6) is 5.75 Å². The van der Waals surface area contributed by atoms with Gasteiger partial charge in [0, 0.05) is 47.3 Å². The molecule has 4 amide bonds. The molecule has 0 radical (unpaired) electrons. The minimum atomic E-state index is -0.515. The lowest BCUT2D eigenvalue weighted by atomic mass is 9.99. The van der Waals surface area contributed by atoms with Gasteiger partial charge in [-0.25, -0.2) is 14.6 Å². The van der Waals surface area contributed by atoms with Crippen LogP contribution in [0.4, 0.5) is 36.9 Å². The van der Waals surface area contributed by atoms with Crippen LogP contribution in [0.15, 0.2) is 97.3 Å². The van der Waals surface area contributed by atoms with Crippen molar-refractivity contribution >= 4 is 68.2 Å². The molecule has 7 rings (SSSR count). The first-order chi connectivity index (χ1) is 26.3. The minimum absolute atomic E-state index is 0.247. The number of amides is 4. The molecule has 0 saturated carbocycles. The second-order valence-electron chi connectivity index (χ2n) is 12.3. The van der Waals surface area contributed by atoms with E-state index in [0.717, 1.165) is 58.7 Å². The third kappa shape index (κ3) is 9.81. The first-order valence-corrected chi connectivity index (χ1v) is 18.8. The molecule has 0 atom stereocenters. The maximum atomic E-state index is 13.2. The van der Waals surface area contributed by atoms with Gasteiger partial charge in [0.05, 0.1) is 29.7 Å². The summed E-state index contributed by atoms with van der Waals surface area (Å²) < 4.78 is 13.5. The molecule has 276 valence electrons. The lowest BCUT2D eigenvalue weighted by molar-refractivity contribution is 0.103. The number of aryl methyl sites for hydroxylation is 2. The zero-order valence-electron chi connectivity index (χ0n) is 30.0. The number of carbonyl (C=O) groups is 3. The molecule has 54 heavy (non-hydrogen) atoms. The topological polar surface area (TPSA) is 163 Å². The van der Waals surface area contributed by atoms with Crippen LogP contribution in [0.1, 0.15) is 46.3 Å². The molecule has 4 N–H and O–H groups in total. The fourth-order valence-corrected chi connectivity index (χ4v) is 6.80. The van der Waals surface area contributed by atoms with Gasteiger partial charge in [0.25, 0.3) is 0 Å². The largest absolute Gasteiger partial charge is 0.496 e. The molecule has 4 aromatic carbocycles. The number of ketones is 1. The molecule has 1 aliphatic heterocycles. The van der Waals surface area contributed by atoms with Gasteiger partial charge in [0.1, 0.15) is 12.1 Å². The monoisotopic (exact) mass is 761 g/mol. The van der Waals surface area contributed by atoms with Crippen LogP contribution in [-0.4, -0.2) is 56.8 Å². The first-order valence-electron chi connectivity index (χ1n) is 17.2. The van der Waals surface area contributed by atoms with Crippen LogP contribution in [-0.2, 0) is 0 Å². The molecule has 2 aromatic heterocycles. The van der Waals surface area contributed by atoms with Crippen molar-refractivity contribution < 1.29 is 19.1 Å². The number of aromatic nitrogens is 4. The van der Waals surface area contributed by atoms with Crippen molar-refractivity contribution in [3.05, 3.63) is 120 Å². The van der Waals surface area contributed by atoms with Gasteiger partial charge in [0.15, 0.2) is 11.6 Å². The molecule has 3 heterocycles. The van der Waals surface area contributed by atoms with Crippen molar-refractivity contribution in [2.75, 3.05) is 46.4 Å². The molecule has 13 nitrogen and oxygen atoms in total. The molecular formula is C39H39N9O4S2. The molecule has 1 aliphatic rings. The smallest absolute Gasteiger partial charge is 0.325 e. The van der Waals surface area contributed by atoms with E-state index in [2.05, 4.69) is 57.9 Å². The van der Waals surface area contributed by atoms with Crippen molar-refractivity contribution in [2.24, 2.45) is 0 Å². The van der Waals surface area contributed by atoms with E-state index in [0.29, 0.717) is 38.7 Å². The molecule has 0 bridgehead atoms. The lowest BCUT2D eigenvalue weighted by Crippen LogP contribution is -2.31. The second-order valence-corrected chi connectivity index (χ2v) is 13.9. The Bertz CT molecular complexity index is 2210. The highest BCUT2D eigenvalue weighted by Gasteiger charge is 2.20. The van der Waals surface area contributed by atoms with Crippen LogP contribution >= 0.6 is 23.1 Å². The van der Waals surface area contributed by atoms with Crippen LogP contribution in [0, 0.1) is 13.8 Å². The van der Waals surface area contributed by atoms with Gasteiger partial charge in [-0.2, -0.15) is 13.7 Å². The summed E-state index contributed by atoms with van der Waals surface area (Å²) in [6.07, 6.45) is 5.10.